The first-order valence-electron chi connectivity index (χ1n) is 13.1. The van der Waals surface area contributed by atoms with Gasteiger partial charge in [-0.25, -0.2) is 0 Å². The van der Waals surface area contributed by atoms with Gasteiger partial charge in [-0.05, 0) is 33.7 Å². The Balaban J connectivity index is 1.47. The Morgan fingerprint density at radius 3 is 1.87 bits per heavy atom. The molecule has 3 heterocycles. The van der Waals surface area contributed by atoms with Crippen molar-refractivity contribution < 1.29 is 0 Å². The molecule has 2 heteroatoms. The highest BCUT2D eigenvalue weighted by Crippen LogP contribution is 2.49. The van der Waals surface area contributed by atoms with Gasteiger partial charge in [0.15, 0.2) is 0 Å². The molecule has 0 unspecified atom stereocenters. The highest BCUT2D eigenvalue weighted by molar-refractivity contribution is 7.26. The van der Waals surface area contributed by atoms with Crippen LogP contribution in [-0.2, 0) is 0 Å². The summed E-state index contributed by atoms with van der Waals surface area (Å²) in [4.78, 5) is 0. The lowest BCUT2D eigenvalue weighted by atomic mass is 9.93. The topological polar surface area (TPSA) is 4.41 Å². The third-order valence-electron chi connectivity index (χ3n) is 8.69. The SMILES string of the molecule is c1ccc2c(c1)sc1c(-c3cccc4c5ccc6c7ccccc7c7cccc8c7c6c5n8c34)cccc12. The molecule has 3 aromatic heterocycles. The van der Waals surface area contributed by atoms with Crippen LogP contribution in [0.4, 0.5) is 0 Å². The third-order valence-corrected chi connectivity index (χ3v) is 9.91. The molecule has 10 aromatic rings. The van der Waals surface area contributed by atoms with Gasteiger partial charge < -0.3 is 4.40 Å². The largest absolute Gasteiger partial charge is 0.307 e. The van der Waals surface area contributed by atoms with Crippen molar-refractivity contribution in [3.05, 3.63) is 115 Å². The summed E-state index contributed by atoms with van der Waals surface area (Å²) in [7, 11) is 0. The van der Waals surface area contributed by atoms with E-state index in [1.165, 1.54) is 90.9 Å². The molecule has 0 bridgehead atoms. The van der Waals surface area contributed by atoms with Crippen LogP contribution in [0.1, 0.15) is 0 Å². The van der Waals surface area contributed by atoms with Gasteiger partial charge in [-0.2, -0.15) is 0 Å². The Hall–Kier alpha value is -4.66. The Bertz CT molecular complexity index is 2560. The van der Waals surface area contributed by atoms with Crippen LogP contribution in [0, 0.1) is 0 Å². The van der Waals surface area contributed by atoms with Gasteiger partial charge in [0.25, 0.3) is 0 Å². The van der Waals surface area contributed by atoms with Crippen LogP contribution in [0.15, 0.2) is 115 Å². The van der Waals surface area contributed by atoms with Crippen LogP contribution < -0.4 is 0 Å². The molecule has 10 rings (SSSR count). The third kappa shape index (κ3) is 2.13. The maximum absolute atomic E-state index is 2.57. The van der Waals surface area contributed by atoms with Crippen molar-refractivity contribution in [3.8, 4) is 11.1 Å². The van der Waals surface area contributed by atoms with E-state index >= 15 is 0 Å². The summed E-state index contributed by atoms with van der Waals surface area (Å²) in [5.41, 5.74) is 6.59. The maximum atomic E-state index is 2.57. The van der Waals surface area contributed by atoms with Crippen molar-refractivity contribution >= 4 is 91.1 Å². The summed E-state index contributed by atoms with van der Waals surface area (Å²) >= 11 is 1.91. The molecule has 0 aliphatic heterocycles. The van der Waals surface area contributed by atoms with Gasteiger partial charge in [-0.1, -0.05) is 103 Å². The summed E-state index contributed by atoms with van der Waals surface area (Å²) in [6.07, 6.45) is 0. The average Bonchev–Trinajstić information content (AvgIpc) is 3.64. The van der Waals surface area contributed by atoms with Crippen molar-refractivity contribution in [1.29, 1.82) is 0 Å². The van der Waals surface area contributed by atoms with E-state index in [4.69, 9.17) is 0 Å². The lowest BCUT2D eigenvalue weighted by molar-refractivity contribution is 1.37. The van der Waals surface area contributed by atoms with E-state index in [0.717, 1.165) is 0 Å². The minimum absolute atomic E-state index is 1.30. The quantitative estimate of drug-likeness (QED) is 0.199. The fourth-order valence-electron chi connectivity index (χ4n) is 7.22. The normalized spacial score (nSPS) is 12.7. The fraction of sp³-hybridized carbons (Fsp3) is 0. The summed E-state index contributed by atoms with van der Waals surface area (Å²) in [5, 5.41) is 13.5. The standard InChI is InChI=1S/C36H19NS/c1-2-9-21-20(8-1)23-11-7-16-30-32(23)33-24(21)18-19-27-25-12-5-13-26(34(25)37(30)35(27)33)29-15-6-14-28-22-10-3-4-17-31(22)38-36(28)29/h1-19H. The highest BCUT2D eigenvalue weighted by atomic mass is 32.1. The second-order valence-corrected chi connectivity index (χ2v) is 11.5. The molecule has 0 aliphatic rings. The first kappa shape index (κ1) is 19.5. The van der Waals surface area contributed by atoms with E-state index in [1.54, 1.807) is 0 Å². The smallest absolute Gasteiger partial charge is 0.0627 e. The number of fused-ring (bicyclic) bond motifs is 10. The first-order valence-corrected chi connectivity index (χ1v) is 13.9. The summed E-state index contributed by atoms with van der Waals surface area (Å²) < 4.78 is 5.27. The molecule has 0 saturated heterocycles. The monoisotopic (exact) mass is 497 g/mol. The molecule has 0 atom stereocenters. The van der Waals surface area contributed by atoms with E-state index in [1.807, 2.05) is 11.3 Å². The van der Waals surface area contributed by atoms with Crippen LogP contribution in [-0.4, -0.2) is 4.40 Å². The number of hydrogen-bond acceptors (Lipinski definition) is 1. The molecular formula is C36H19NS. The van der Waals surface area contributed by atoms with E-state index < -0.39 is 0 Å². The predicted octanol–water partition coefficient (Wildman–Crippen LogP) is 10.6. The second-order valence-electron chi connectivity index (χ2n) is 10.4. The number of thiophene rings is 1. The number of hydrogen-bond donors (Lipinski definition) is 0. The molecule has 0 aliphatic carbocycles. The molecule has 0 N–H and O–H groups in total. The maximum Gasteiger partial charge on any atom is 0.0627 e. The van der Waals surface area contributed by atoms with E-state index in [-0.39, 0.29) is 0 Å². The number of aromatic nitrogens is 1. The van der Waals surface area contributed by atoms with Crippen LogP contribution in [0.3, 0.4) is 0 Å². The number of rotatable bonds is 1. The van der Waals surface area contributed by atoms with Gasteiger partial charge in [0.05, 0.1) is 16.6 Å². The summed E-state index contributed by atoms with van der Waals surface area (Å²) in [5.74, 6) is 0. The molecule has 0 fully saturated rings. The molecule has 38 heavy (non-hydrogen) atoms. The summed E-state index contributed by atoms with van der Waals surface area (Å²) in [6, 6.07) is 42.9. The van der Waals surface area contributed by atoms with E-state index in [2.05, 4.69) is 120 Å². The van der Waals surface area contributed by atoms with Gasteiger partial charge in [-0.15, -0.1) is 11.3 Å². The Kier molecular flexibility index (Phi) is 3.38. The Labute approximate surface area is 221 Å². The molecule has 0 radical (unpaired) electrons. The van der Waals surface area contributed by atoms with Crippen LogP contribution in [0.2, 0.25) is 0 Å². The van der Waals surface area contributed by atoms with Gasteiger partial charge in [-0.3, -0.25) is 0 Å². The van der Waals surface area contributed by atoms with Crippen LogP contribution in [0.5, 0.6) is 0 Å². The molecule has 1 nitrogen and oxygen atoms in total. The zero-order valence-corrected chi connectivity index (χ0v) is 21.1. The summed E-state index contributed by atoms with van der Waals surface area (Å²) in [6.45, 7) is 0. The molecular weight excluding hydrogens is 478 g/mol. The minimum atomic E-state index is 1.30. The molecule has 174 valence electrons. The zero-order valence-electron chi connectivity index (χ0n) is 20.3. The van der Waals surface area contributed by atoms with Crippen molar-refractivity contribution in [2.24, 2.45) is 0 Å². The Morgan fingerprint density at radius 2 is 1.00 bits per heavy atom. The van der Waals surface area contributed by atoms with Gasteiger partial charge >= 0.3 is 0 Å². The van der Waals surface area contributed by atoms with Crippen molar-refractivity contribution in [2.45, 2.75) is 0 Å². The van der Waals surface area contributed by atoms with Crippen molar-refractivity contribution in [2.75, 3.05) is 0 Å². The lowest BCUT2D eigenvalue weighted by Crippen LogP contribution is -1.86. The van der Waals surface area contributed by atoms with Gasteiger partial charge in [0.1, 0.15) is 0 Å². The Morgan fingerprint density at radius 1 is 0.395 bits per heavy atom. The number of benzene rings is 7. The molecule has 0 saturated carbocycles. The van der Waals surface area contributed by atoms with Crippen LogP contribution in [0.25, 0.3) is 90.9 Å². The lowest BCUT2D eigenvalue weighted by Gasteiger charge is -2.10. The molecule has 7 aromatic carbocycles. The van der Waals surface area contributed by atoms with Crippen molar-refractivity contribution in [3.63, 3.8) is 0 Å². The van der Waals surface area contributed by atoms with Gasteiger partial charge in [0, 0.05) is 52.8 Å². The molecule has 0 spiro atoms. The van der Waals surface area contributed by atoms with E-state index in [0.29, 0.717) is 0 Å². The minimum Gasteiger partial charge on any atom is -0.307 e. The zero-order chi connectivity index (χ0) is 24.5. The highest BCUT2D eigenvalue weighted by Gasteiger charge is 2.24. The number of nitrogens with zero attached hydrogens (tertiary/aromatic N) is 1. The first-order chi connectivity index (χ1) is 18.9. The second kappa shape index (κ2) is 6.61. The van der Waals surface area contributed by atoms with Gasteiger partial charge in [0.2, 0.25) is 0 Å². The fourth-order valence-corrected chi connectivity index (χ4v) is 8.45. The van der Waals surface area contributed by atoms with Crippen LogP contribution >= 0.6 is 11.3 Å². The van der Waals surface area contributed by atoms with E-state index in [9.17, 15) is 0 Å². The van der Waals surface area contributed by atoms with Crippen molar-refractivity contribution in [1.82, 2.24) is 4.40 Å². The molecule has 0 amide bonds. The predicted molar refractivity (Wildman–Crippen MR) is 166 cm³/mol. The number of para-hydroxylation sites is 1. The average molecular weight is 498 g/mol.